The third kappa shape index (κ3) is 4.36. The largest absolute Gasteiger partial charge is 0.316 e. The second-order valence-corrected chi connectivity index (χ2v) is 5.33. The molecule has 0 saturated heterocycles. The van der Waals surface area contributed by atoms with E-state index in [1.54, 1.807) is 0 Å². The lowest BCUT2D eigenvalue weighted by molar-refractivity contribution is 0.777. The van der Waals surface area contributed by atoms with Gasteiger partial charge in [0, 0.05) is 11.4 Å². The lowest BCUT2D eigenvalue weighted by Gasteiger charge is -2.10. The molecular weight excluding hydrogens is 238 g/mol. The summed E-state index contributed by atoms with van der Waals surface area (Å²) >= 11 is 8.11. The summed E-state index contributed by atoms with van der Waals surface area (Å²) in [6.45, 7) is 3.11. The fraction of sp³-hybridized carbons (Fsp3) is 0.538. The summed E-state index contributed by atoms with van der Waals surface area (Å²) in [6.07, 6.45) is 3.84. The summed E-state index contributed by atoms with van der Waals surface area (Å²) < 4.78 is 0. The van der Waals surface area contributed by atoms with Crippen LogP contribution in [0.25, 0.3) is 0 Å². The van der Waals surface area contributed by atoms with Crippen molar-refractivity contribution in [2.24, 2.45) is 0 Å². The first-order chi connectivity index (χ1) is 7.79. The minimum absolute atomic E-state index is 0.884. The van der Waals surface area contributed by atoms with Crippen molar-refractivity contribution in [3.05, 3.63) is 28.8 Å². The molecule has 0 amide bonds. The molecule has 3 heteroatoms. The minimum Gasteiger partial charge on any atom is -0.316 e. The van der Waals surface area contributed by atoms with Gasteiger partial charge in [-0.15, -0.1) is 11.8 Å². The van der Waals surface area contributed by atoms with Crippen LogP contribution in [0.2, 0.25) is 5.02 Å². The van der Waals surface area contributed by atoms with E-state index >= 15 is 0 Å². The van der Waals surface area contributed by atoms with Gasteiger partial charge in [0.25, 0.3) is 0 Å². The monoisotopic (exact) mass is 257 g/mol. The standard InChI is InChI=1S/C13H20ClNS/c1-3-4-5-9-16-13-11(10-15-2)7-6-8-12(13)14/h6-8,15H,3-5,9-10H2,1-2H3. The summed E-state index contributed by atoms with van der Waals surface area (Å²) in [4.78, 5) is 1.25. The van der Waals surface area contributed by atoms with Crippen LogP contribution in [0.15, 0.2) is 23.1 Å². The second kappa shape index (κ2) is 7.99. The quantitative estimate of drug-likeness (QED) is 0.576. The molecule has 0 saturated carbocycles. The molecule has 0 radical (unpaired) electrons. The highest BCUT2D eigenvalue weighted by Gasteiger charge is 2.06. The molecule has 0 spiro atoms. The van der Waals surface area contributed by atoms with Crippen molar-refractivity contribution in [3.8, 4) is 0 Å². The van der Waals surface area contributed by atoms with Crippen molar-refractivity contribution in [1.82, 2.24) is 5.32 Å². The topological polar surface area (TPSA) is 12.0 Å². The lowest BCUT2D eigenvalue weighted by atomic mass is 10.2. The molecule has 1 nitrogen and oxygen atoms in total. The summed E-state index contributed by atoms with van der Waals surface area (Å²) in [6, 6.07) is 6.14. The predicted octanol–water partition coefficient (Wildman–Crippen LogP) is 4.34. The van der Waals surface area contributed by atoms with E-state index in [2.05, 4.69) is 18.3 Å². The Morgan fingerprint density at radius 3 is 2.81 bits per heavy atom. The summed E-state index contributed by atoms with van der Waals surface area (Å²) in [5.74, 6) is 1.16. The molecule has 1 aromatic rings. The molecule has 1 N–H and O–H groups in total. The average molecular weight is 258 g/mol. The number of hydrogen-bond acceptors (Lipinski definition) is 2. The molecule has 1 aromatic carbocycles. The van der Waals surface area contributed by atoms with Crippen LogP contribution in [-0.2, 0) is 6.54 Å². The number of unbranched alkanes of at least 4 members (excludes halogenated alkanes) is 2. The van der Waals surface area contributed by atoms with Gasteiger partial charge in [0.05, 0.1) is 5.02 Å². The summed E-state index contributed by atoms with van der Waals surface area (Å²) in [5, 5.41) is 4.06. The number of thioether (sulfide) groups is 1. The van der Waals surface area contributed by atoms with Gasteiger partial charge in [0.1, 0.15) is 0 Å². The van der Waals surface area contributed by atoms with Gasteiger partial charge < -0.3 is 5.32 Å². The van der Waals surface area contributed by atoms with E-state index in [-0.39, 0.29) is 0 Å². The average Bonchev–Trinajstić information content (AvgIpc) is 2.28. The maximum absolute atomic E-state index is 6.23. The highest BCUT2D eigenvalue weighted by atomic mass is 35.5. The van der Waals surface area contributed by atoms with Crippen molar-refractivity contribution in [2.45, 2.75) is 37.6 Å². The number of hydrogen-bond donors (Lipinski definition) is 1. The molecule has 0 heterocycles. The van der Waals surface area contributed by atoms with Crippen LogP contribution in [-0.4, -0.2) is 12.8 Å². The van der Waals surface area contributed by atoms with Gasteiger partial charge in [-0.1, -0.05) is 43.5 Å². The van der Waals surface area contributed by atoms with E-state index in [1.165, 1.54) is 29.7 Å². The fourth-order valence-electron chi connectivity index (χ4n) is 1.57. The molecule has 16 heavy (non-hydrogen) atoms. The zero-order valence-corrected chi connectivity index (χ0v) is 11.6. The number of nitrogens with one attached hydrogen (secondary N) is 1. The summed E-state index contributed by atoms with van der Waals surface area (Å²) in [5.41, 5.74) is 1.30. The van der Waals surface area contributed by atoms with Gasteiger partial charge in [-0.3, -0.25) is 0 Å². The van der Waals surface area contributed by atoms with Crippen LogP contribution in [0.3, 0.4) is 0 Å². The van der Waals surface area contributed by atoms with E-state index < -0.39 is 0 Å². The molecule has 0 bridgehead atoms. The molecular formula is C13H20ClNS. The maximum atomic E-state index is 6.23. The Kier molecular flexibility index (Phi) is 6.93. The first kappa shape index (κ1) is 13.9. The lowest BCUT2D eigenvalue weighted by Crippen LogP contribution is -2.06. The molecule has 1 rings (SSSR count). The first-order valence-electron chi connectivity index (χ1n) is 5.84. The molecule has 0 unspecified atom stereocenters. The number of halogens is 1. The Morgan fingerprint density at radius 1 is 1.31 bits per heavy atom. The Labute approximate surface area is 108 Å². The van der Waals surface area contributed by atoms with Crippen molar-refractivity contribution >= 4 is 23.4 Å². The van der Waals surface area contributed by atoms with Crippen molar-refractivity contribution < 1.29 is 0 Å². The highest BCUT2D eigenvalue weighted by molar-refractivity contribution is 7.99. The van der Waals surface area contributed by atoms with E-state index in [9.17, 15) is 0 Å². The Balaban J connectivity index is 2.61. The van der Waals surface area contributed by atoms with Crippen LogP contribution in [0.4, 0.5) is 0 Å². The predicted molar refractivity (Wildman–Crippen MR) is 74.5 cm³/mol. The number of rotatable bonds is 7. The second-order valence-electron chi connectivity index (χ2n) is 3.81. The van der Waals surface area contributed by atoms with Crippen LogP contribution < -0.4 is 5.32 Å². The van der Waals surface area contributed by atoms with Gasteiger partial charge in [0.2, 0.25) is 0 Å². The van der Waals surface area contributed by atoms with Crippen LogP contribution in [0.5, 0.6) is 0 Å². The maximum Gasteiger partial charge on any atom is 0.0545 e. The molecule has 0 aliphatic carbocycles. The van der Waals surface area contributed by atoms with Gasteiger partial charge in [-0.05, 0) is 30.9 Å². The Bertz CT molecular complexity index is 315. The molecule has 0 fully saturated rings. The molecule has 90 valence electrons. The highest BCUT2D eigenvalue weighted by Crippen LogP contribution is 2.31. The van der Waals surface area contributed by atoms with Gasteiger partial charge in [-0.2, -0.15) is 0 Å². The zero-order valence-electron chi connectivity index (χ0n) is 10.1. The van der Waals surface area contributed by atoms with Gasteiger partial charge in [0.15, 0.2) is 0 Å². The van der Waals surface area contributed by atoms with E-state index in [0.717, 1.165) is 17.3 Å². The van der Waals surface area contributed by atoms with Crippen LogP contribution >= 0.6 is 23.4 Å². The van der Waals surface area contributed by atoms with Gasteiger partial charge in [-0.25, -0.2) is 0 Å². The zero-order chi connectivity index (χ0) is 11.8. The number of benzene rings is 1. The van der Waals surface area contributed by atoms with E-state index in [4.69, 9.17) is 11.6 Å². The third-order valence-corrected chi connectivity index (χ3v) is 4.10. The Hall–Kier alpha value is -0.180. The van der Waals surface area contributed by atoms with Crippen molar-refractivity contribution in [3.63, 3.8) is 0 Å². The van der Waals surface area contributed by atoms with Crippen molar-refractivity contribution in [1.29, 1.82) is 0 Å². The molecule has 0 aliphatic rings. The van der Waals surface area contributed by atoms with E-state index in [0.29, 0.717) is 0 Å². The SMILES string of the molecule is CCCCCSc1c(Cl)cccc1CNC. The van der Waals surface area contributed by atoms with Crippen LogP contribution in [0, 0.1) is 0 Å². The Morgan fingerprint density at radius 2 is 2.12 bits per heavy atom. The van der Waals surface area contributed by atoms with Gasteiger partial charge >= 0.3 is 0 Å². The van der Waals surface area contributed by atoms with E-state index in [1.807, 2.05) is 30.9 Å². The van der Waals surface area contributed by atoms with Crippen molar-refractivity contribution in [2.75, 3.05) is 12.8 Å². The third-order valence-electron chi connectivity index (χ3n) is 2.41. The first-order valence-corrected chi connectivity index (χ1v) is 7.20. The fourth-order valence-corrected chi connectivity index (χ4v) is 3.01. The normalized spacial score (nSPS) is 10.7. The molecule has 0 aliphatic heterocycles. The smallest absolute Gasteiger partial charge is 0.0545 e. The summed E-state index contributed by atoms with van der Waals surface area (Å²) in [7, 11) is 1.96. The van der Waals surface area contributed by atoms with Crippen LogP contribution in [0.1, 0.15) is 31.7 Å². The molecule has 0 atom stereocenters. The minimum atomic E-state index is 0.884. The molecule has 0 aromatic heterocycles.